The number of hydrogen-bond acceptors (Lipinski definition) is 4. The summed E-state index contributed by atoms with van der Waals surface area (Å²) in [5, 5.41) is 0. The average molecular weight is 332 g/mol. The average Bonchev–Trinajstić information content (AvgIpc) is 3.29. The van der Waals surface area contributed by atoms with Crippen molar-refractivity contribution in [1.29, 1.82) is 0 Å². The predicted molar refractivity (Wildman–Crippen MR) is 86.4 cm³/mol. The highest BCUT2D eigenvalue weighted by Gasteiger charge is 2.50. The second kappa shape index (κ2) is 6.24. The molecule has 1 spiro atoms. The number of carbonyl (C=O) groups is 2. The van der Waals surface area contributed by atoms with Crippen LogP contribution in [-0.2, 0) is 9.53 Å². The van der Waals surface area contributed by atoms with Gasteiger partial charge in [-0.05, 0) is 38.2 Å². The van der Waals surface area contributed by atoms with E-state index in [1.54, 1.807) is 6.07 Å². The van der Waals surface area contributed by atoms with Crippen LogP contribution in [0.5, 0.6) is 0 Å². The predicted octanol–water partition coefficient (Wildman–Crippen LogP) is 1.91. The maximum Gasteiger partial charge on any atom is 0.257 e. The smallest absolute Gasteiger partial charge is 0.257 e. The summed E-state index contributed by atoms with van der Waals surface area (Å²) in [5.41, 5.74) is 0.187. The van der Waals surface area contributed by atoms with Crippen molar-refractivity contribution in [3.05, 3.63) is 24.2 Å². The van der Waals surface area contributed by atoms with Gasteiger partial charge in [0.2, 0.25) is 5.91 Å². The fraction of sp³-hybridized carbons (Fsp3) is 0.667. The lowest BCUT2D eigenvalue weighted by Gasteiger charge is -2.44. The van der Waals surface area contributed by atoms with Crippen LogP contribution < -0.4 is 0 Å². The largest absolute Gasteiger partial charge is 0.472 e. The van der Waals surface area contributed by atoms with Crippen molar-refractivity contribution in [3.63, 3.8) is 0 Å². The molecule has 4 rings (SSSR count). The number of nitrogens with zero attached hydrogens (tertiary/aromatic N) is 2. The molecule has 2 amide bonds. The van der Waals surface area contributed by atoms with Gasteiger partial charge < -0.3 is 19.0 Å². The monoisotopic (exact) mass is 332 g/mol. The number of piperidine rings is 1. The summed E-state index contributed by atoms with van der Waals surface area (Å²) in [4.78, 5) is 29.7. The highest BCUT2D eigenvalue weighted by atomic mass is 16.5. The number of hydrogen-bond donors (Lipinski definition) is 0. The molecule has 130 valence electrons. The van der Waals surface area contributed by atoms with E-state index >= 15 is 0 Å². The Morgan fingerprint density at radius 2 is 2.04 bits per heavy atom. The van der Waals surface area contributed by atoms with Crippen LogP contribution in [0.4, 0.5) is 0 Å². The Morgan fingerprint density at radius 1 is 1.21 bits per heavy atom. The van der Waals surface area contributed by atoms with Gasteiger partial charge in [-0.25, -0.2) is 0 Å². The van der Waals surface area contributed by atoms with Gasteiger partial charge in [0.15, 0.2) is 0 Å². The Balaban J connectivity index is 1.48. The fourth-order valence-corrected chi connectivity index (χ4v) is 4.44. The van der Waals surface area contributed by atoms with Crippen molar-refractivity contribution in [2.45, 2.75) is 38.1 Å². The van der Waals surface area contributed by atoms with E-state index in [2.05, 4.69) is 4.90 Å². The lowest BCUT2D eigenvalue weighted by molar-refractivity contribution is -0.150. The van der Waals surface area contributed by atoms with Gasteiger partial charge in [-0.2, -0.15) is 0 Å². The molecule has 3 aliphatic rings. The Labute approximate surface area is 141 Å². The van der Waals surface area contributed by atoms with E-state index in [1.165, 1.54) is 12.5 Å². The number of carbonyl (C=O) groups excluding carboxylic acids is 2. The Morgan fingerprint density at radius 3 is 2.79 bits per heavy atom. The summed E-state index contributed by atoms with van der Waals surface area (Å²) in [6, 6.07) is 1.99. The lowest BCUT2D eigenvalue weighted by atomic mass is 9.77. The van der Waals surface area contributed by atoms with E-state index in [1.807, 2.05) is 4.90 Å². The van der Waals surface area contributed by atoms with Gasteiger partial charge in [0, 0.05) is 38.9 Å². The molecule has 0 bridgehead atoms. The van der Waals surface area contributed by atoms with Crippen LogP contribution in [0, 0.1) is 5.41 Å². The summed E-state index contributed by atoms with van der Waals surface area (Å²) >= 11 is 0. The van der Waals surface area contributed by atoms with Gasteiger partial charge in [-0.15, -0.1) is 0 Å². The van der Waals surface area contributed by atoms with Gasteiger partial charge in [0.1, 0.15) is 6.26 Å². The molecule has 1 unspecified atom stereocenters. The minimum absolute atomic E-state index is 0.0309. The van der Waals surface area contributed by atoms with E-state index in [9.17, 15) is 9.59 Å². The summed E-state index contributed by atoms with van der Waals surface area (Å²) in [6.07, 6.45) is 7.54. The zero-order chi connectivity index (χ0) is 16.6. The number of likely N-dealkylation sites (tertiary alicyclic amines) is 2. The summed E-state index contributed by atoms with van der Waals surface area (Å²) < 4.78 is 10.4. The SMILES string of the molecule is O=C(c1ccoc1)N1CCC2(CCCN(C3CCOCC3)C2=O)C1. The third-order valence-corrected chi connectivity index (χ3v) is 5.81. The quantitative estimate of drug-likeness (QED) is 0.830. The van der Waals surface area contributed by atoms with E-state index in [-0.39, 0.29) is 17.2 Å². The Kier molecular flexibility index (Phi) is 4.08. The maximum absolute atomic E-state index is 13.2. The normalized spacial score (nSPS) is 28.8. The first kappa shape index (κ1) is 15.7. The van der Waals surface area contributed by atoms with Crippen LogP contribution in [0.25, 0.3) is 0 Å². The van der Waals surface area contributed by atoms with Gasteiger partial charge >= 0.3 is 0 Å². The van der Waals surface area contributed by atoms with Crippen LogP contribution >= 0.6 is 0 Å². The third-order valence-electron chi connectivity index (χ3n) is 5.81. The molecule has 3 fully saturated rings. The molecule has 0 radical (unpaired) electrons. The summed E-state index contributed by atoms with van der Waals surface area (Å²) in [6.45, 7) is 3.52. The molecular formula is C18H24N2O4. The third kappa shape index (κ3) is 2.62. The molecule has 0 aliphatic carbocycles. The van der Waals surface area contributed by atoms with Crippen LogP contribution in [0.1, 0.15) is 42.5 Å². The van der Waals surface area contributed by atoms with Crippen LogP contribution in [0.2, 0.25) is 0 Å². The van der Waals surface area contributed by atoms with E-state index < -0.39 is 0 Å². The van der Waals surface area contributed by atoms with E-state index in [0.717, 1.165) is 51.9 Å². The number of furan rings is 1. The maximum atomic E-state index is 13.2. The van der Waals surface area contributed by atoms with E-state index in [4.69, 9.17) is 9.15 Å². The molecule has 3 aliphatic heterocycles. The van der Waals surface area contributed by atoms with Crippen molar-refractivity contribution in [2.75, 3.05) is 32.8 Å². The Hall–Kier alpha value is -1.82. The number of ether oxygens (including phenoxy) is 1. The van der Waals surface area contributed by atoms with E-state index in [0.29, 0.717) is 24.7 Å². The highest BCUT2D eigenvalue weighted by molar-refractivity contribution is 5.95. The van der Waals surface area contributed by atoms with Crippen molar-refractivity contribution < 1.29 is 18.7 Å². The first-order valence-corrected chi connectivity index (χ1v) is 8.90. The number of amides is 2. The second-order valence-corrected chi connectivity index (χ2v) is 7.21. The lowest BCUT2D eigenvalue weighted by Crippen LogP contribution is -2.55. The molecule has 1 aromatic rings. The molecule has 4 heterocycles. The standard InChI is InChI=1S/C18H24N2O4/c21-16(14-2-9-24-12-14)19-8-6-18(13-19)5-1-7-20(17(18)22)15-3-10-23-11-4-15/h2,9,12,15H,1,3-8,10-11,13H2. The molecule has 0 saturated carbocycles. The topological polar surface area (TPSA) is 63.0 Å². The minimum atomic E-state index is -0.379. The Bertz CT molecular complexity index is 609. The van der Waals surface area contributed by atoms with Crippen molar-refractivity contribution in [3.8, 4) is 0 Å². The van der Waals surface area contributed by atoms with Crippen molar-refractivity contribution >= 4 is 11.8 Å². The minimum Gasteiger partial charge on any atom is -0.472 e. The molecule has 0 N–H and O–H groups in total. The molecule has 6 heteroatoms. The van der Waals surface area contributed by atoms with Crippen LogP contribution in [-0.4, -0.2) is 60.5 Å². The van der Waals surface area contributed by atoms with Gasteiger partial charge in [-0.3, -0.25) is 9.59 Å². The molecule has 6 nitrogen and oxygen atoms in total. The zero-order valence-electron chi connectivity index (χ0n) is 13.9. The van der Waals surface area contributed by atoms with Crippen LogP contribution in [0.3, 0.4) is 0 Å². The molecular weight excluding hydrogens is 308 g/mol. The van der Waals surface area contributed by atoms with Gasteiger partial charge in [0.05, 0.1) is 17.2 Å². The van der Waals surface area contributed by atoms with Crippen molar-refractivity contribution in [2.24, 2.45) is 5.41 Å². The molecule has 24 heavy (non-hydrogen) atoms. The zero-order valence-corrected chi connectivity index (χ0v) is 13.9. The molecule has 1 aromatic heterocycles. The number of rotatable bonds is 2. The highest BCUT2D eigenvalue weighted by Crippen LogP contribution is 2.41. The van der Waals surface area contributed by atoms with Gasteiger partial charge in [-0.1, -0.05) is 0 Å². The molecule has 0 aromatic carbocycles. The van der Waals surface area contributed by atoms with Gasteiger partial charge in [0.25, 0.3) is 5.91 Å². The molecule has 1 atom stereocenters. The first-order valence-electron chi connectivity index (χ1n) is 8.90. The second-order valence-electron chi connectivity index (χ2n) is 7.21. The summed E-state index contributed by atoms with van der Waals surface area (Å²) in [5.74, 6) is 0.222. The first-order chi connectivity index (χ1) is 11.7. The molecule has 3 saturated heterocycles. The fourth-order valence-electron chi connectivity index (χ4n) is 4.44. The van der Waals surface area contributed by atoms with Crippen molar-refractivity contribution in [1.82, 2.24) is 9.80 Å². The summed E-state index contributed by atoms with van der Waals surface area (Å²) in [7, 11) is 0. The van der Waals surface area contributed by atoms with Crippen LogP contribution in [0.15, 0.2) is 23.0 Å².